The van der Waals surface area contributed by atoms with E-state index in [1.54, 1.807) is 19.2 Å². The van der Waals surface area contributed by atoms with Gasteiger partial charge in [-0.15, -0.1) is 0 Å². The van der Waals surface area contributed by atoms with Crippen molar-refractivity contribution in [2.24, 2.45) is 0 Å². The van der Waals surface area contributed by atoms with Gasteiger partial charge in [0.15, 0.2) is 0 Å². The van der Waals surface area contributed by atoms with Gasteiger partial charge < -0.3 is 9.84 Å². The molecule has 0 aliphatic rings. The summed E-state index contributed by atoms with van der Waals surface area (Å²) in [6, 6.07) is 5.20. The van der Waals surface area contributed by atoms with Crippen molar-refractivity contribution in [3.63, 3.8) is 0 Å². The van der Waals surface area contributed by atoms with Crippen LogP contribution in [-0.2, 0) is 6.42 Å². The Bertz CT molecular complexity index is 532. The van der Waals surface area contributed by atoms with Gasteiger partial charge in [0, 0.05) is 16.8 Å². The molecule has 0 aliphatic heterocycles. The standard InChI is InChI=1S/C13H16N2O2/c1-4-11-13(8(2)14-15-11)10-7-9(17-3)5-6-12(10)16/h5-7,16H,4H2,1-3H3,(H,14,15). The number of aryl methyl sites for hydroxylation is 2. The number of methoxy groups -OCH3 is 1. The van der Waals surface area contributed by atoms with Crippen LogP contribution in [0.25, 0.3) is 11.1 Å². The van der Waals surface area contributed by atoms with Crippen molar-refractivity contribution in [2.45, 2.75) is 20.3 Å². The Kier molecular flexibility index (Phi) is 3.04. The van der Waals surface area contributed by atoms with Crippen LogP contribution in [0.4, 0.5) is 0 Å². The number of H-pyrrole nitrogens is 1. The summed E-state index contributed by atoms with van der Waals surface area (Å²) in [5, 5.41) is 17.1. The molecule has 0 unspecified atom stereocenters. The lowest BCUT2D eigenvalue weighted by Gasteiger charge is -2.08. The van der Waals surface area contributed by atoms with Crippen LogP contribution in [0.2, 0.25) is 0 Å². The molecule has 2 N–H and O–H groups in total. The number of nitrogens with one attached hydrogen (secondary N) is 1. The average molecular weight is 232 g/mol. The highest BCUT2D eigenvalue weighted by Crippen LogP contribution is 2.35. The maximum atomic E-state index is 9.95. The van der Waals surface area contributed by atoms with Gasteiger partial charge >= 0.3 is 0 Å². The van der Waals surface area contributed by atoms with Gasteiger partial charge in [-0.05, 0) is 31.5 Å². The first-order valence-electron chi connectivity index (χ1n) is 5.58. The fraction of sp³-hybridized carbons (Fsp3) is 0.308. The maximum Gasteiger partial charge on any atom is 0.123 e. The van der Waals surface area contributed by atoms with Crippen molar-refractivity contribution in [1.82, 2.24) is 10.2 Å². The van der Waals surface area contributed by atoms with Crippen LogP contribution >= 0.6 is 0 Å². The average Bonchev–Trinajstić information content (AvgIpc) is 2.71. The Balaban J connectivity index is 2.62. The summed E-state index contributed by atoms with van der Waals surface area (Å²) in [5.74, 6) is 0.963. The zero-order chi connectivity index (χ0) is 12.4. The van der Waals surface area contributed by atoms with Crippen LogP contribution in [0.15, 0.2) is 18.2 Å². The summed E-state index contributed by atoms with van der Waals surface area (Å²) < 4.78 is 5.18. The summed E-state index contributed by atoms with van der Waals surface area (Å²) in [5.41, 5.74) is 3.62. The topological polar surface area (TPSA) is 58.1 Å². The number of phenolic OH excluding ortho intramolecular Hbond substituents is 1. The molecule has 0 atom stereocenters. The SMILES string of the molecule is CCc1n[nH]c(C)c1-c1cc(OC)ccc1O. The van der Waals surface area contributed by atoms with Crippen LogP contribution in [-0.4, -0.2) is 22.4 Å². The third-order valence-electron chi connectivity index (χ3n) is 2.83. The molecule has 2 rings (SSSR count). The third-order valence-corrected chi connectivity index (χ3v) is 2.83. The van der Waals surface area contributed by atoms with Gasteiger partial charge in [0.05, 0.1) is 12.8 Å². The minimum absolute atomic E-state index is 0.241. The lowest BCUT2D eigenvalue weighted by molar-refractivity contribution is 0.412. The lowest BCUT2D eigenvalue weighted by atomic mass is 10.0. The molecule has 4 nitrogen and oxygen atoms in total. The van der Waals surface area contributed by atoms with Gasteiger partial charge in [-0.1, -0.05) is 6.92 Å². The molecule has 1 heterocycles. The van der Waals surface area contributed by atoms with Crippen LogP contribution in [0.3, 0.4) is 0 Å². The van der Waals surface area contributed by atoms with Gasteiger partial charge in [-0.3, -0.25) is 5.10 Å². The van der Waals surface area contributed by atoms with E-state index in [0.29, 0.717) is 0 Å². The molecule has 1 aromatic heterocycles. The highest BCUT2D eigenvalue weighted by molar-refractivity contribution is 5.75. The van der Waals surface area contributed by atoms with Gasteiger partial charge in [0.2, 0.25) is 0 Å². The molecule has 17 heavy (non-hydrogen) atoms. The second kappa shape index (κ2) is 4.49. The number of phenols is 1. The van der Waals surface area contributed by atoms with Crippen LogP contribution in [0.1, 0.15) is 18.3 Å². The molecule has 0 saturated heterocycles. The fourth-order valence-corrected chi connectivity index (χ4v) is 1.94. The molecule has 0 fully saturated rings. The number of nitrogens with zero attached hydrogens (tertiary/aromatic N) is 1. The van der Waals surface area contributed by atoms with E-state index in [0.717, 1.165) is 34.7 Å². The van der Waals surface area contributed by atoms with Gasteiger partial charge in [0.1, 0.15) is 11.5 Å². The van der Waals surface area contributed by atoms with E-state index in [4.69, 9.17) is 4.74 Å². The number of hydrogen-bond acceptors (Lipinski definition) is 3. The molecule has 0 spiro atoms. The van der Waals surface area contributed by atoms with E-state index in [-0.39, 0.29) is 5.75 Å². The molecular weight excluding hydrogens is 216 g/mol. The van der Waals surface area contributed by atoms with E-state index in [1.165, 1.54) is 0 Å². The third kappa shape index (κ3) is 1.98. The second-order valence-corrected chi connectivity index (χ2v) is 3.91. The highest BCUT2D eigenvalue weighted by atomic mass is 16.5. The van der Waals surface area contributed by atoms with Crippen LogP contribution in [0, 0.1) is 6.92 Å². The van der Waals surface area contributed by atoms with Gasteiger partial charge in [-0.2, -0.15) is 5.10 Å². The van der Waals surface area contributed by atoms with Crippen molar-refractivity contribution >= 4 is 0 Å². The van der Waals surface area contributed by atoms with Gasteiger partial charge in [-0.25, -0.2) is 0 Å². The molecule has 0 aliphatic carbocycles. The van der Waals surface area contributed by atoms with Crippen molar-refractivity contribution in [2.75, 3.05) is 7.11 Å². The molecule has 4 heteroatoms. The number of ether oxygens (including phenoxy) is 1. The number of aromatic hydroxyl groups is 1. The molecule has 0 bridgehead atoms. The molecule has 1 aromatic carbocycles. The zero-order valence-corrected chi connectivity index (χ0v) is 10.2. The number of aromatic amines is 1. The first kappa shape index (κ1) is 11.5. The highest BCUT2D eigenvalue weighted by Gasteiger charge is 2.15. The van der Waals surface area contributed by atoms with E-state index >= 15 is 0 Å². The number of benzene rings is 1. The first-order chi connectivity index (χ1) is 8.17. The Morgan fingerprint density at radius 1 is 1.41 bits per heavy atom. The summed E-state index contributed by atoms with van der Waals surface area (Å²) >= 11 is 0. The Labute approximate surface area is 100 Å². The van der Waals surface area contributed by atoms with E-state index < -0.39 is 0 Å². The number of rotatable bonds is 3. The molecule has 0 saturated carbocycles. The van der Waals surface area contributed by atoms with E-state index in [1.807, 2.05) is 19.9 Å². The predicted molar refractivity (Wildman–Crippen MR) is 66.4 cm³/mol. The summed E-state index contributed by atoms with van der Waals surface area (Å²) in [6.45, 7) is 3.98. The molecule has 0 radical (unpaired) electrons. The van der Waals surface area contributed by atoms with Crippen molar-refractivity contribution in [3.8, 4) is 22.6 Å². The monoisotopic (exact) mass is 232 g/mol. The Hall–Kier alpha value is -1.97. The van der Waals surface area contributed by atoms with Gasteiger partial charge in [0.25, 0.3) is 0 Å². The van der Waals surface area contributed by atoms with Crippen LogP contribution < -0.4 is 4.74 Å². The maximum absolute atomic E-state index is 9.95. The summed E-state index contributed by atoms with van der Waals surface area (Å²) in [7, 11) is 1.61. The van der Waals surface area contributed by atoms with Crippen molar-refractivity contribution in [3.05, 3.63) is 29.6 Å². The second-order valence-electron chi connectivity index (χ2n) is 3.91. The number of aromatic nitrogens is 2. The predicted octanol–water partition coefficient (Wildman–Crippen LogP) is 2.66. The van der Waals surface area contributed by atoms with Crippen molar-refractivity contribution < 1.29 is 9.84 Å². The molecule has 2 aromatic rings. The minimum atomic E-state index is 0.241. The van der Waals surface area contributed by atoms with E-state index in [2.05, 4.69) is 10.2 Å². The lowest BCUT2D eigenvalue weighted by Crippen LogP contribution is -1.89. The first-order valence-corrected chi connectivity index (χ1v) is 5.58. The fourth-order valence-electron chi connectivity index (χ4n) is 1.94. The molecule has 0 amide bonds. The Morgan fingerprint density at radius 3 is 2.82 bits per heavy atom. The van der Waals surface area contributed by atoms with Crippen LogP contribution in [0.5, 0.6) is 11.5 Å². The van der Waals surface area contributed by atoms with Crippen molar-refractivity contribution in [1.29, 1.82) is 0 Å². The Morgan fingerprint density at radius 2 is 2.18 bits per heavy atom. The smallest absolute Gasteiger partial charge is 0.123 e. The molecule has 90 valence electrons. The van der Waals surface area contributed by atoms with E-state index in [9.17, 15) is 5.11 Å². The summed E-state index contributed by atoms with van der Waals surface area (Å²) in [6.07, 6.45) is 0.816. The normalized spacial score (nSPS) is 10.5. The summed E-state index contributed by atoms with van der Waals surface area (Å²) in [4.78, 5) is 0. The minimum Gasteiger partial charge on any atom is -0.507 e. The zero-order valence-electron chi connectivity index (χ0n) is 10.2. The number of hydrogen-bond donors (Lipinski definition) is 2. The molecular formula is C13H16N2O2. The quantitative estimate of drug-likeness (QED) is 0.855. The largest absolute Gasteiger partial charge is 0.507 e.